The van der Waals surface area contributed by atoms with Crippen molar-refractivity contribution in [2.45, 2.75) is 38.0 Å². The van der Waals surface area contributed by atoms with Crippen molar-refractivity contribution < 1.29 is 22.8 Å². The highest BCUT2D eigenvalue weighted by atomic mass is 35.5. The van der Waals surface area contributed by atoms with Crippen LogP contribution in [0.3, 0.4) is 0 Å². The molecule has 1 unspecified atom stereocenters. The third-order valence-electron chi connectivity index (χ3n) is 5.74. The fraction of sp³-hybridized carbons (Fsp3) is 0.364. The Balaban J connectivity index is 1.56. The Morgan fingerprint density at radius 1 is 1.20 bits per heavy atom. The zero-order chi connectivity index (χ0) is 21.7. The second-order valence-corrected chi connectivity index (χ2v) is 8.33. The molecule has 0 N–H and O–H groups in total. The maximum absolute atomic E-state index is 14.1. The summed E-state index contributed by atoms with van der Waals surface area (Å²) in [5, 5.41) is 4.02. The number of aryl methyl sites for hydroxylation is 1. The van der Waals surface area contributed by atoms with Gasteiger partial charge >= 0.3 is 6.18 Å². The summed E-state index contributed by atoms with van der Waals surface area (Å²) >= 11 is 6.01. The van der Waals surface area contributed by atoms with Crippen molar-refractivity contribution in [3.8, 4) is 0 Å². The van der Waals surface area contributed by atoms with E-state index >= 15 is 0 Å². The molecule has 2 heterocycles. The molecule has 0 aliphatic carbocycles. The van der Waals surface area contributed by atoms with Crippen molar-refractivity contribution in [3.63, 3.8) is 0 Å². The number of benzene rings is 2. The molecule has 1 fully saturated rings. The van der Waals surface area contributed by atoms with Crippen molar-refractivity contribution in [3.05, 3.63) is 69.7 Å². The van der Waals surface area contributed by atoms with Crippen LogP contribution in [0.1, 0.15) is 41.5 Å². The maximum Gasteiger partial charge on any atom is 0.435 e. The highest BCUT2D eigenvalue weighted by Crippen LogP contribution is 2.49. The van der Waals surface area contributed by atoms with Gasteiger partial charge in [0, 0.05) is 42.9 Å². The first-order chi connectivity index (χ1) is 14.1. The summed E-state index contributed by atoms with van der Waals surface area (Å²) < 4.78 is 42.3. The van der Waals surface area contributed by atoms with Gasteiger partial charge in [0.2, 0.25) is 5.91 Å². The fourth-order valence-electron chi connectivity index (χ4n) is 3.92. The minimum atomic E-state index is -4.67. The van der Waals surface area contributed by atoms with Crippen LogP contribution >= 0.6 is 11.6 Å². The molecule has 0 aromatic heterocycles. The minimum Gasteiger partial charge on any atom is -0.374 e. The number of nitrogens with zero attached hydrogens (tertiary/aromatic N) is 2. The van der Waals surface area contributed by atoms with E-state index in [0.717, 1.165) is 5.56 Å². The standard InChI is InChI=1S/C22H20ClF3N2O2/c1-13-7-18(9-19(23)8-13)21(22(24,25)26)10-20(27-30-21)16-5-3-15(4-6-16)17-11-28(12-17)14(2)29/h3-9,17H,10-12H2,1-2H3. The molecule has 0 bridgehead atoms. The Bertz CT molecular complexity index is 994. The third-order valence-corrected chi connectivity index (χ3v) is 5.95. The van der Waals surface area contributed by atoms with Crippen LogP contribution in [0.5, 0.6) is 0 Å². The van der Waals surface area contributed by atoms with Gasteiger partial charge in [-0.1, -0.05) is 47.1 Å². The summed E-state index contributed by atoms with van der Waals surface area (Å²) in [6.45, 7) is 4.53. The lowest BCUT2D eigenvalue weighted by Gasteiger charge is -2.39. The topological polar surface area (TPSA) is 41.9 Å². The number of alkyl halides is 3. The van der Waals surface area contributed by atoms with Gasteiger partial charge in [-0.2, -0.15) is 13.2 Å². The van der Waals surface area contributed by atoms with Gasteiger partial charge in [0.25, 0.3) is 5.60 Å². The molecular formula is C22H20ClF3N2O2. The second kappa shape index (κ2) is 7.30. The largest absolute Gasteiger partial charge is 0.435 e. The van der Waals surface area contributed by atoms with E-state index in [1.54, 1.807) is 30.0 Å². The Hall–Kier alpha value is -2.54. The number of oxime groups is 1. The summed E-state index contributed by atoms with van der Waals surface area (Å²) in [5.74, 6) is 0.286. The zero-order valence-electron chi connectivity index (χ0n) is 16.5. The van der Waals surface area contributed by atoms with Crippen molar-refractivity contribution in [1.29, 1.82) is 0 Å². The summed E-state index contributed by atoms with van der Waals surface area (Å²) in [7, 11) is 0. The van der Waals surface area contributed by atoms with Crippen LogP contribution in [-0.2, 0) is 15.2 Å². The van der Waals surface area contributed by atoms with E-state index in [9.17, 15) is 18.0 Å². The number of halogens is 4. The van der Waals surface area contributed by atoms with Crippen molar-refractivity contribution in [2.24, 2.45) is 5.16 Å². The van der Waals surface area contributed by atoms with Crippen LogP contribution in [0.15, 0.2) is 47.6 Å². The lowest BCUT2D eigenvalue weighted by atomic mass is 9.85. The molecule has 0 radical (unpaired) electrons. The molecule has 30 heavy (non-hydrogen) atoms. The Kier molecular flexibility index (Phi) is 5.04. The number of amides is 1. The second-order valence-electron chi connectivity index (χ2n) is 7.89. The molecule has 2 aliphatic rings. The highest BCUT2D eigenvalue weighted by molar-refractivity contribution is 6.30. The molecule has 158 valence electrons. The van der Waals surface area contributed by atoms with E-state index in [0.29, 0.717) is 24.2 Å². The van der Waals surface area contributed by atoms with Gasteiger partial charge in [0.15, 0.2) is 0 Å². The Morgan fingerprint density at radius 2 is 1.87 bits per heavy atom. The molecular weight excluding hydrogens is 417 g/mol. The smallest absolute Gasteiger partial charge is 0.374 e. The first-order valence-electron chi connectivity index (χ1n) is 9.54. The van der Waals surface area contributed by atoms with Gasteiger partial charge in [-0.05, 0) is 35.7 Å². The van der Waals surface area contributed by atoms with Crippen LogP contribution in [0.4, 0.5) is 13.2 Å². The first kappa shape index (κ1) is 20.7. The summed E-state index contributed by atoms with van der Waals surface area (Å²) in [4.78, 5) is 18.2. The third kappa shape index (κ3) is 3.55. The van der Waals surface area contributed by atoms with E-state index in [4.69, 9.17) is 16.4 Å². The van der Waals surface area contributed by atoms with E-state index in [-0.39, 0.29) is 28.1 Å². The van der Waals surface area contributed by atoms with Crippen LogP contribution in [0.2, 0.25) is 5.02 Å². The first-order valence-corrected chi connectivity index (χ1v) is 9.92. The van der Waals surface area contributed by atoms with Gasteiger partial charge in [0.1, 0.15) is 0 Å². The van der Waals surface area contributed by atoms with E-state index in [2.05, 4.69) is 5.16 Å². The normalized spacial score (nSPS) is 21.8. The number of carbonyl (C=O) groups excluding carboxylic acids is 1. The predicted molar refractivity (Wildman–Crippen MR) is 108 cm³/mol. The number of hydrogen-bond donors (Lipinski definition) is 0. The van der Waals surface area contributed by atoms with Crippen LogP contribution in [0, 0.1) is 6.92 Å². The highest BCUT2D eigenvalue weighted by Gasteiger charge is 2.62. The van der Waals surface area contributed by atoms with E-state index in [1.807, 2.05) is 12.1 Å². The average Bonchev–Trinajstić information content (AvgIpc) is 3.06. The molecule has 2 aromatic carbocycles. The lowest BCUT2D eigenvalue weighted by molar-refractivity contribution is -0.275. The van der Waals surface area contributed by atoms with Gasteiger partial charge in [0.05, 0.1) is 5.71 Å². The molecule has 1 amide bonds. The van der Waals surface area contributed by atoms with Crippen molar-refractivity contribution >= 4 is 23.2 Å². The van der Waals surface area contributed by atoms with Crippen LogP contribution in [-0.4, -0.2) is 35.8 Å². The number of likely N-dealkylation sites (tertiary alicyclic amines) is 1. The van der Waals surface area contributed by atoms with Crippen LogP contribution < -0.4 is 0 Å². The van der Waals surface area contributed by atoms with E-state index < -0.39 is 18.2 Å². The van der Waals surface area contributed by atoms with Crippen LogP contribution in [0.25, 0.3) is 0 Å². The maximum atomic E-state index is 14.1. The molecule has 4 nitrogen and oxygen atoms in total. The summed E-state index contributed by atoms with van der Waals surface area (Å²) in [6, 6.07) is 11.6. The molecule has 8 heteroatoms. The number of rotatable bonds is 3. The monoisotopic (exact) mass is 436 g/mol. The van der Waals surface area contributed by atoms with Gasteiger partial charge in [-0.3, -0.25) is 4.79 Å². The Labute approximate surface area is 177 Å². The molecule has 2 aliphatic heterocycles. The molecule has 4 rings (SSSR count). The summed E-state index contributed by atoms with van der Waals surface area (Å²) in [5.41, 5.74) is -0.158. The van der Waals surface area contributed by atoms with Gasteiger partial charge in [-0.15, -0.1) is 0 Å². The van der Waals surface area contributed by atoms with Crippen molar-refractivity contribution in [2.75, 3.05) is 13.1 Å². The summed E-state index contributed by atoms with van der Waals surface area (Å²) in [6.07, 6.45) is -5.10. The lowest BCUT2D eigenvalue weighted by Crippen LogP contribution is -2.47. The van der Waals surface area contributed by atoms with E-state index in [1.165, 1.54) is 19.1 Å². The van der Waals surface area contributed by atoms with Crippen molar-refractivity contribution in [1.82, 2.24) is 4.90 Å². The Morgan fingerprint density at radius 3 is 2.43 bits per heavy atom. The zero-order valence-corrected chi connectivity index (χ0v) is 17.2. The van der Waals surface area contributed by atoms with Gasteiger partial charge < -0.3 is 9.74 Å². The molecule has 1 saturated heterocycles. The fourth-order valence-corrected chi connectivity index (χ4v) is 4.21. The number of carbonyl (C=O) groups is 1. The molecule has 0 spiro atoms. The number of hydrogen-bond acceptors (Lipinski definition) is 3. The quantitative estimate of drug-likeness (QED) is 0.665. The molecule has 2 aromatic rings. The average molecular weight is 437 g/mol. The SMILES string of the molecule is CC(=O)N1CC(c2ccc(C3=NOC(c4cc(C)cc(Cl)c4)(C(F)(F)F)C3)cc2)C1. The van der Waals surface area contributed by atoms with Gasteiger partial charge in [-0.25, -0.2) is 0 Å². The minimum absolute atomic E-state index is 0.0417. The predicted octanol–water partition coefficient (Wildman–Crippen LogP) is 5.18. The molecule has 0 saturated carbocycles. The molecule has 1 atom stereocenters.